The summed E-state index contributed by atoms with van der Waals surface area (Å²) in [5, 5.41) is 30.7. The summed E-state index contributed by atoms with van der Waals surface area (Å²) in [6.07, 6.45) is -0.666. The minimum absolute atomic E-state index is 0.0877. The molecule has 20 heavy (non-hydrogen) atoms. The standard InChI is InChI=1S/C11H12N2O7/c1-20-8-3-6(2-7(4-8)13(18)19)12-9(11(16)17)5-10(14)15/h2-4,9,12H,5H2,1H3,(H,14,15)(H,16,17). The minimum atomic E-state index is -1.40. The van der Waals surface area contributed by atoms with Crippen LogP contribution in [-0.4, -0.2) is 40.2 Å². The van der Waals surface area contributed by atoms with Crippen LogP contribution in [0.1, 0.15) is 6.42 Å². The first-order chi connectivity index (χ1) is 9.33. The molecule has 0 fully saturated rings. The number of benzene rings is 1. The summed E-state index contributed by atoms with van der Waals surface area (Å²) < 4.78 is 4.86. The minimum Gasteiger partial charge on any atom is -0.496 e. The normalized spacial score (nSPS) is 11.4. The summed E-state index contributed by atoms with van der Waals surface area (Å²) in [7, 11) is 1.30. The van der Waals surface area contributed by atoms with E-state index in [1.54, 1.807) is 0 Å². The zero-order valence-electron chi connectivity index (χ0n) is 10.4. The summed E-state index contributed by atoms with van der Waals surface area (Å²) in [5.74, 6) is -2.53. The fourth-order valence-corrected chi connectivity index (χ4v) is 1.47. The average molecular weight is 284 g/mol. The van der Waals surface area contributed by atoms with Crippen LogP contribution in [0.25, 0.3) is 0 Å². The van der Waals surface area contributed by atoms with Gasteiger partial charge >= 0.3 is 11.9 Å². The molecule has 3 N–H and O–H groups in total. The SMILES string of the molecule is COc1cc(NC(CC(=O)O)C(=O)O)cc([N+](=O)[O-])c1. The Bertz CT molecular complexity index is 544. The van der Waals surface area contributed by atoms with E-state index in [1.807, 2.05) is 0 Å². The number of nitrogens with zero attached hydrogens (tertiary/aromatic N) is 1. The molecule has 0 aliphatic carbocycles. The number of hydrogen-bond acceptors (Lipinski definition) is 6. The highest BCUT2D eigenvalue weighted by Gasteiger charge is 2.22. The summed E-state index contributed by atoms with van der Waals surface area (Å²) in [4.78, 5) is 31.6. The van der Waals surface area contributed by atoms with Gasteiger partial charge in [0.1, 0.15) is 11.8 Å². The third-order valence-corrected chi connectivity index (χ3v) is 2.36. The number of nitro benzene ring substituents is 1. The number of non-ortho nitro benzene ring substituents is 1. The quantitative estimate of drug-likeness (QED) is 0.496. The van der Waals surface area contributed by atoms with Crippen LogP contribution >= 0.6 is 0 Å². The highest BCUT2D eigenvalue weighted by atomic mass is 16.6. The highest BCUT2D eigenvalue weighted by Crippen LogP contribution is 2.26. The molecular weight excluding hydrogens is 272 g/mol. The van der Waals surface area contributed by atoms with Gasteiger partial charge in [-0.25, -0.2) is 4.79 Å². The lowest BCUT2D eigenvalue weighted by Gasteiger charge is -2.14. The number of hydrogen-bond donors (Lipinski definition) is 3. The predicted molar refractivity (Wildman–Crippen MR) is 66.9 cm³/mol. The van der Waals surface area contributed by atoms with Crippen molar-refractivity contribution in [3.8, 4) is 5.75 Å². The molecule has 0 saturated heterocycles. The van der Waals surface area contributed by atoms with E-state index in [-0.39, 0.29) is 17.1 Å². The maximum absolute atomic E-state index is 10.9. The van der Waals surface area contributed by atoms with Gasteiger partial charge in [0.25, 0.3) is 5.69 Å². The van der Waals surface area contributed by atoms with Crippen molar-refractivity contribution in [3.63, 3.8) is 0 Å². The molecule has 0 amide bonds. The molecule has 0 aromatic heterocycles. The molecule has 0 saturated carbocycles. The summed E-state index contributed by atoms with van der Waals surface area (Å²) in [6, 6.07) is 2.20. The Morgan fingerprint density at radius 1 is 1.40 bits per heavy atom. The van der Waals surface area contributed by atoms with Gasteiger partial charge in [0.15, 0.2) is 0 Å². The van der Waals surface area contributed by atoms with Gasteiger partial charge in [0.05, 0.1) is 24.5 Å². The molecule has 0 spiro atoms. The number of aliphatic carboxylic acids is 2. The second-order valence-electron chi connectivity index (χ2n) is 3.81. The Balaban J connectivity index is 3.05. The molecule has 0 bridgehead atoms. The van der Waals surface area contributed by atoms with Gasteiger partial charge in [-0.1, -0.05) is 0 Å². The van der Waals surface area contributed by atoms with Crippen LogP contribution in [0.2, 0.25) is 0 Å². The number of rotatable bonds is 7. The van der Waals surface area contributed by atoms with E-state index in [1.165, 1.54) is 13.2 Å². The second-order valence-corrected chi connectivity index (χ2v) is 3.81. The maximum atomic E-state index is 10.9. The summed E-state index contributed by atoms with van der Waals surface area (Å²) in [6.45, 7) is 0. The fraction of sp³-hybridized carbons (Fsp3) is 0.273. The van der Waals surface area contributed by atoms with Gasteiger partial charge in [0.2, 0.25) is 0 Å². The van der Waals surface area contributed by atoms with Gasteiger partial charge in [-0.2, -0.15) is 0 Å². The molecule has 0 heterocycles. The van der Waals surface area contributed by atoms with E-state index in [0.717, 1.165) is 12.1 Å². The Morgan fingerprint density at radius 2 is 2.05 bits per heavy atom. The lowest BCUT2D eigenvalue weighted by molar-refractivity contribution is -0.384. The molecular formula is C11H12N2O7. The summed E-state index contributed by atoms with van der Waals surface area (Å²) in [5.41, 5.74) is -0.212. The first kappa shape index (κ1) is 15.2. The van der Waals surface area contributed by atoms with Gasteiger partial charge in [-0.3, -0.25) is 14.9 Å². The number of ether oxygens (including phenoxy) is 1. The third kappa shape index (κ3) is 4.12. The Kier molecular flexibility index (Phi) is 4.84. The first-order valence-electron chi connectivity index (χ1n) is 5.38. The number of nitro groups is 1. The van der Waals surface area contributed by atoms with Gasteiger partial charge in [0, 0.05) is 17.8 Å². The molecule has 1 unspecified atom stereocenters. The molecule has 108 valence electrons. The van der Waals surface area contributed by atoms with Gasteiger partial charge in [-0.05, 0) is 0 Å². The molecule has 1 aromatic carbocycles. The van der Waals surface area contributed by atoms with E-state index in [4.69, 9.17) is 14.9 Å². The third-order valence-electron chi connectivity index (χ3n) is 2.36. The molecule has 9 heteroatoms. The smallest absolute Gasteiger partial charge is 0.326 e. The predicted octanol–water partition coefficient (Wildman–Crippen LogP) is 0.943. The van der Waals surface area contributed by atoms with E-state index in [2.05, 4.69) is 5.32 Å². The van der Waals surface area contributed by atoms with Crippen LogP contribution in [0.15, 0.2) is 18.2 Å². The number of anilines is 1. The van der Waals surface area contributed by atoms with Crippen molar-refractivity contribution < 1.29 is 29.5 Å². The van der Waals surface area contributed by atoms with Crippen LogP contribution in [0, 0.1) is 10.1 Å². The zero-order valence-corrected chi connectivity index (χ0v) is 10.4. The molecule has 9 nitrogen and oxygen atoms in total. The van der Waals surface area contributed by atoms with Crippen molar-refractivity contribution in [1.82, 2.24) is 0 Å². The Labute approximate surface area is 112 Å². The molecule has 1 rings (SSSR count). The number of carbonyl (C=O) groups is 2. The van der Waals surface area contributed by atoms with Crippen LogP contribution in [-0.2, 0) is 9.59 Å². The number of methoxy groups -OCH3 is 1. The van der Waals surface area contributed by atoms with Crippen molar-refractivity contribution in [1.29, 1.82) is 0 Å². The van der Waals surface area contributed by atoms with E-state index in [9.17, 15) is 19.7 Å². The summed E-state index contributed by atoms with van der Waals surface area (Å²) >= 11 is 0. The molecule has 0 aliphatic rings. The van der Waals surface area contributed by atoms with Crippen LogP contribution in [0.3, 0.4) is 0 Å². The van der Waals surface area contributed by atoms with Crippen molar-refractivity contribution in [2.45, 2.75) is 12.5 Å². The highest BCUT2D eigenvalue weighted by molar-refractivity contribution is 5.83. The van der Waals surface area contributed by atoms with E-state index < -0.39 is 29.3 Å². The largest absolute Gasteiger partial charge is 0.496 e. The van der Waals surface area contributed by atoms with Crippen molar-refractivity contribution in [2.24, 2.45) is 0 Å². The number of nitrogens with one attached hydrogen (secondary N) is 1. The van der Waals surface area contributed by atoms with E-state index in [0.29, 0.717) is 0 Å². The lowest BCUT2D eigenvalue weighted by Crippen LogP contribution is -2.31. The van der Waals surface area contributed by atoms with Crippen LogP contribution in [0.5, 0.6) is 5.75 Å². The van der Waals surface area contributed by atoms with Crippen molar-refractivity contribution in [3.05, 3.63) is 28.3 Å². The monoisotopic (exact) mass is 284 g/mol. The molecule has 1 aromatic rings. The van der Waals surface area contributed by atoms with Gasteiger partial charge < -0.3 is 20.3 Å². The number of carboxylic acids is 2. The fourth-order valence-electron chi connectivity index (χ4n) is 1.47. The maximum Gasteiger partial charge on any atom is 0.326 e. The average Bonchev–Trinajstić information content (AvgIpc) is 2.36. The van der Waals surface area contributed by atoms with E-state index >= 15 is 0 Å². The zero-order chi connectivity index (χ0) is 15.3. The topological polar surface area (TPSA) is 139 Å². The van der Waals surface area contributed by atoms with Gasteiger partial charge in [-0.15, -0.1) is 0 Å². The van der Waals surface area contributed by atoms with Crippen LogP contribution in [0.4, 0.5) is 11.4 Å². The molecule has 0 radical (unpaired) electrons. The Hall–Kier alpha value is -2.84. The van der Waals surface area contributed by atoms with Crippen molar-refractivity contribution >= 4 is 23.3 Å². The molecule has 1 atom stereocenters. The Morgan fingerprint density at radius 3 is 2.50 bits per heavy atom. The van der Waals surface area contributed by atoms with Crippen LogP contribution < -0.4 is 10.1 Å². The lowest BCUT2D eigenvalue weighted by atomic mass is 10.2. The second kappa shape index (κ2) is 6.36. The first-order valence-corrected chi connectivity index (χ1v) is 5.38. The number of carboxylic acid groups (broad SMARTS) is 2. The molecule has 0 aliphatic heterocycles. The van der Waals surface area contributed by atoms with Crippen molar-refractivity contribution in [2.75, 3.05) is 12.4 Å².